The van der Waals surface area contributed by atoms with Gasteiger partial charge in [0.25, 0.3) is 5.91 Å². The van der Waals surface area contributed by atoms with Gasteiger partial charge in [-0.15, -0.1) is 0 Å². The van der Waals surface area contributed by atoms with Crippen LogP contribution in [-0.2, 0) is 10.0 Å². The molecule has 1 aromatic rings. The SMILES string of the molecule is CCN(CCCNC(=O)c1cc[nH]c(=O)c1)S(C)(=O)=O. The minimum atomic E-state index is -3.20. The summed E-state index contributed by atoms with van der Waals surface area (Å²) in [4.78, 5) is 25.2. The molecular weight excluding hydrogens is 282 g/mol. The summed E-state index contributed by atoms with van der Waals surface area (Å²) in [5.74, 6) is -0.349. The molecule has 0 saturated carbocycles. The van der Waals surface area contributed by atoms with E-state index in [1.807, 2.05) is 0 Å². The van der Waals surface area contributed by atoms with E-state index in [-0.39, 0.29) is 17.0 Å². The summed E-state index contributed by atoms with van der Waals surface area (Å²) >= 11 is 0. The van der Waals surface area contributed by atoms with Crippen molar-refractivity contribution < 1.29 is 13.2 Å². The van der Waals surface area contributed by atoms with Gasteiger partial charge in [0.1, 0.15) is 0 Å². The molecule has 0 aliphatic rings. The monoisotopic (exact) mass is 301 g/mol. The maximum atomic E-state index is 11.7. The average Bonchev–Trinajstić information content (AvgIpc) is 2.37. The van der Waals surface area contributed by atoms with Crippen LogP contribution in [0, 0.1) is 0 Å². The van der Waals surface area contributed by atoms with Crippen LogP contribution in [0.1, 0.15) is 23.7 Å². The van der Waals surface area contributed by atoms with Crippen molar-refractivity contribution in [1.82, 2.24) is 14.6 Å². The first-order valence-corrected chi connectivity index (χ1v) is 8.11. The number of rotatable bonds is 7. The number of hydrogen-bond donors (Lipinski definition) is 2. The number of aromatic nitrogens is 1. The van der Waals surface area contributed by atoms with E-state index in [1.165, 1.54) is 22.6 Å². The lowest BCUT2D eigenvalue weighted by atomic mass is 10.2. The van der Waals surface area contributed by atoms with Gasteiger partial charge in [0.15, 0.2) is 0 Å². The number of pyridine rings is 1. The van der Waals surface area contributed by atoms with Gasteiger partial charge in [-0.25, -0.2) is 12.7 Å². The highest BCUT2D eigenvalue weighted by Gasteiger charge is 2.13. The molecular formula is C12H19N3O4S. The average molecular weight is 301 g/mol. The molecule has 0 radical (unpaired) electrons. The number of carbonyl (C=O) groups excluding carboxylic acids is 1. The van der Waals surface area contributed by atoms with Crippen molar-refractivity contribution in [3.8, 4) is 0 Å². The standard InChI is InChI=1S/C12H19N3O4S/c1-3-15(20(2,18)19)8-4-6-14-12(17)10-5-7-13-11(16)9-10/h5,7,9H,3-4,6,8H2,1-2H3,(H,13,16)(H,14,17). The van der Waals surface area contributed by atoms with Crippen molar-refractivity contribution in [1.29, 1.82) is 0 Å². The van der Waals surface area contributed by atoms with Crippen molar-refractivity contribution in [2.45, 2.75) is 13.3 Å². The van der Waals surface area contributed by atoms with Crippen LogP contribution in [0.25, 0.3) is 0 Å². The molecule has 0 bridgehead atoms. The van der Waals surface area contributed by atoms with E-state index < -0.39 is 10.0 Å². The van der Waals surface area contributed by atoms with Crippen molar-refractivity contribution >= 4 is 15.9 Å². The molecule has 1 heterocycles. The summed E-state index contributed by atoms with van der Waals surface area (Å²) in [5.41, 5.74) is -0.0592. The maximum Gasteiger partial charge on any atom is 0.251 e. The molecule has 7 nitrogen and oxygen atoms in total. The summed E-state index contributed by atoms with van der Waals surface area (Å²) in [6.45, 7) is 2.86. The van der Waals surface area contributed by atoms with E-state index in [0.717, 1.165) is 6.26 Å². The normalized spacial score (nSPS) is 11.6. The Morgan fingerprint density at radius 1 is 1.45 bits per heavy atom. The van der Waals surface area contributed by atoms with Crippen LogP contribution in [0.15, 0.2) is 23.1 Å². The third-order valence-electron chi connectivity index (χ3n) is 2.73. The molecule has 0 aliphatic heterocycles. The van der Waals surface area contributed by atoms with E-state index in [1.54, 1.807) is 6.92 Å². The first kappa shape index (κ1) is 16.4. The summed E-state index contributed by atoms with van der Waals surface area (Å²) in [7, 11) is -3.20. The lowest BCUT2D eigenvalue weighted by Gasteiger charge is -2.17. The number of aromatic amines is 1. The Bertz CT molecular complexity index is 609. The van der Waals surface area contributed by atoms with Crippen molar-refractivity contribution in [3.05, 3.63) is 34.2 Å². The molecule has 112 valence electrons. The topological polar surface area (TPSA) is 99.3 Å². The van der Waals surface area contributed by atoms with Gasteiger partial charge in [0.2, 0.25) is 15.6 Å². The van der Waals surface area contributed by atoms with Crippen LogP contribution in [0.2, 0.25) is 0 Å². The summed E-state index contributed by atoms with van der Waals surface area (Å²) < 4.78 is 24.0. The Balaban J connectivity index is 2.42. The molecule has 0 saturated heterocycles. The highest BCUT2D eigenvalue weighted by Crippen LogP contribution is 1.99. The van der Waals surface area contributed by atoms with Gasteiger partial charge >= 0.3 is 0 Å². The highest BCUT2D eigenvalue weighted by atomic mass is 32.2. The predicted octanol–water partition coefficient (Wildman–Crippen LogP) is -0.224. The van der Waals surface area contributed by atoms with E-state index in [4.69, 9.17) is 0 Å². The summed E-state index contributed by atoms with van der Waals surface area (Å²) in [5, 5.41) is 2.64. The third kappa shape index (κ3) is 5.14. The second-order valence-electron chi connectivity index (χ2n) is 4.31. The van der Waals surface area contributed by atoms with Gasteiger partial charge in [0, 0.05) is 37.5 Å². The van der Waals surface area contributed by atoms with E-state index in [0.29, 0.717) is 26.1 Å². The molecule has 0 fully saturated rings. The van der Waals surface area contributed by atoms with Crippen LogP contribution in [0.5, 0.6) is 0 Å². The van der Waals surface area contributed by atoms with Crippen LogP contribution in [0.3, 0.4) is 0 Å². The van der Waals surface area contributed by atoms with Gasteiger partial charge in [-0.2, -0.15) is 0 Å². The third-order valence-corrected chi connectivity index (χ3v) is 4.11. The zero-order chi connectivity index (χ0) is 15.2. The minimum Gasteiger partial charge on any atom is -0.352 e. The van der Waals surface area contributed by atoms with E-state index in [9.17, 15) is 18.0 Å². The van der Waals surface area contributed by atoms with Gasteiger partial charge in [0.05, 0.1) is 6.26 Å². The molecule has 0 atom stereocenters. The Labute approximate surface area is 118 Å². The number of sulfonamides is 1. The molecule has 0 spiro atoms. The minimum absolute atomic E-state index is 0.282. The molecule has 8 heteroatoms. The summed E-state index contributed by atoms with van der Waals surface area (Å²) in [6.07, 6.45) is 3.07. The zero-order valence-electron chi connectivity index (χ0n) is 11.5. The highest BCUT2D eigenvalue weighted by molar-refractivity contribution is 7.88. The molecule has 2 N–H and O–H groups in total. The van der Waals surface area contributed by atoms with E-state index >= 15 is 0 Å². The Kier molecular flexibility index (Phi) is 5.90. The Morgan fingerprint density at radius 2 is 2.15 bits per heavy atom. The zero-order valence-corrected chi connectivity index (χ0v) is 12.4. The van der Waals surface area contributed by atoms with E-state index in [2.05, 4.69) is 10.3 Å². The smallest absolute Gasteiger partial charge is 0.251 e. The Hall–Kier alpha value is -1.67. The number of H-pyrrole nitrogens is 1. The van der Waals surface area contributed by atoms with Crippen LogP contribution >= 0.6 is 0 Å². The van der Waals surface area contributed by atoms with Crippen molar-refractivity contribution in [2.24, 2.45) is 0 Å². The molecule has 20 heavy (non-hydrogen) atoms. The first-order valence-electron chi connectivity index (χ1n) is 6.26. The lowest BCUT2D eigenvalue weighted by molar-refractivity contribution is 0.0952. The van der Waals surface area contributed by atoms with Crippen LogP contribution < -0.4 is 10.9 Å². The predicted molar refractivity (Wildman–Crippen MR) is 76.1 cm³/mol. The molecule has 1 aromatic heterocycles. The summed E-state index contributed by atoms with van der Waals surface area (Å²) in [6, 6.07) is 2.72. The fraction of sp³-hybridized carbons (Fsp3) is 0.500. The quantitative estimate of drug-likeness (QED) is 0.680. The van der Waals surface area contributed by atoms with Crippen molar-refractivity contribution in [2.75, 3.05) is 25.9 Å². The lowest BCUT2D eigenvalue weighted by Crippen LogP contribution is -2.33. The number of nitrogens with one attached hydrogen (secondary N) is 2. The largest absolute Gasteiger partial charge is 0.352 e. The van der Waals surface area contributed by atoms with Gasteiger partial charge in [-0.3, -0.25) is 9.59 Å². The fourth-order valence-corrected chi connectivity index (χ4v) is 2.63. The first-order chi connectivity index (χ1) is 9.34. The number of hydrogen-bond acceptors (Lipinski definition) is 4. The number of amides is 1. The molecule has 0 aliphatic carbocycles. The van der Waals surface area contributed by atoms with Gasteiger partial charge < -0.3 is 10.3 Å². The van der Waals surface area contributed by atoms with Gasteiger partial charge in [-0.05, 0) is 12.5 Å². The molecule has 0 unspecified atom stereocenters. The fourth-order valence-electron chi connectivity index (χ4n) is 1.70. The number of nitrogens with zero attached hydrogens (tertiary/aromatic N) is 1. The molecule has 1 rings (SSSR count). The van der Waals surface area contributed by atoms with Gasteiger partial charge in [-0.1, -0.05) is 6.92 Å². The van der Waals surface area contributed by atoms with Crippen LogP contribution in [0.4, 0.5) is 0 Å². The maximum absolute atomic E-state index is 11.7. The van der Waals surface area contributed by atoms with Crippen LogP contribution in [-0.4, -0.2) is 49.5 Å². The Morgan fingerprint density at radius 3 is 2.70 bits per heavy atom. The molecule has 1 amide bonds. The second-order valence-corrected chi connectivity index (χ2v) is 6.29. The number of carbonyl (C=O) groups is 1. The molecule has 0 aromatic carbocycles. The van der Waals surface area contributed by atoms with Crippen molar-refractivity contribution in [3.63, 3.8) is 0 Å². The second kappa shape index (κ2) is 7.20.